The molecule has 1 N–H and O–H groups in total. The number of nitrogens with zero attached hydrogens (tertiary/aromatic N) is 2. The van der Waals surface area contributed by atoms with Crippen LogP contribution in [0, 0.1) is 12.8 Å². The summed E-state index contributed by atoms with van der Waals surface area (Å²) >= 11 is 0. The number of aryl methyl sites for hydroxylation is 1. The molecule has 2 aromatic carbocycles. The van der Waals surface area contributed by atoms with E-state index in [0.29, 0.717) is 6.61 Å². The molecule has 0 aliphatic heterocycles. The molecule has 0 saturated heterocycles. The van der Waals surface area contributed by atoms with Gasteiger partial charge < -0.3 is 9.84 Å². The van der Waals surface area contributed by atoms with Crippen LogP contribution in [0.25, 0.3) is 11.1 Å². The second kappa shape index (κ2) is 7.34. The van der Waals surface area contributed by atoms with Gasteiger partial charge in [-0.15, -0.1) is 0 Å². The van der Waals surface area contributed by atoms with E-state index < -0.39 is 0 Å². The number of hydrogen-bond donors (Lipinski definition) is 1. The van der Waals surface area contributed by atoms with Crippen LogP contribution in [-0.4, -0.2) is 14.9 Å². The first-order valence-electron chi connectivity index (χ1n) is 9.17. The van der Waals surface area contributed by atoms with E-state index in [0.717, 1.165) is 46.0 Å². The van der Waals surface area contributed by atoms with Gasteiger partial charge in [0.15, 0.2) is 0 Å². The third-order valence-corrected chi connectivity index (χ3v) is 4.86. The maximum absolute atomic E-state index is 9.84. The van der Waals surface area contributed by atoms with Gasteiger partial charge >= 0.3 is 0 Å². The first kappa shape index (κ1) is 16.9. The van der Waals surface area contributed by atoms with E-state index in [1.807, 2.05) is 54.2 Å². The van der Waals surface area contributed by atoms with Gasteiger partial charge in [0.2, 0.25) is 0 Å². The molecule has 1 aliphatic carbocycles. The molecule has 134 valence electrons. The molecule has 26 heavy (non-hydrogen) atoms. The topological polar surface area (TPSA) is 47.3 Å². The summed E-state index contributed by atoms with van der Waals surface area (Å²) in [5.41, 5.74) is 5.10. The van der Waals surface area contributed by atoms with Gasteiger partial charge in [0, 0.05) is 23.9 Å². The molecule has 0 unspecified atom stereocenters. The van der Waals surface area contributed by atoms with Gasteiger partial charge in [0.1, 0.15) is 12.4 Å². The molecule has 0 amide bonds. The monoisotopic (exact) mass is 348 g/mol. The zero-order valence-electron chi connectivity index (χ0n) is 15.1. The van der Waals surface area contributed by atoms with Crippen molar-refractivity contribution in [2.75, 3.05) is 0 Å². The molecule has 0 bridgehead atoms. The minimum atomic E-state index is -0.0466. The van der Waals surface area contributed by atoms with Crippen LogP contribution in [-0.2, 0) is 19.8 Å². The summed E-state index contributed by atoms with van der Waals surface area (Å²) in [6.07, 6.45) is 6.63. The third-order valence-electron chi connectivity index (χ3n) is 4.86. The van der Waals surface area contributed by atoms with Crippen molar-refractivity contribution < 1.29 is 9.84 Å². The molecule has 1 aliphatic rings. The number of benzene rings is 2. The van der Waals surface area contributed by atoms with Crippen LogP contribution < -0.4 is 4.74 Å². The second-order valence-electron chi connectivity index (χ2n) is 7.11. The summed E-state index contributed by atoms with van der Waals surface area (Å²) in [6, 6.07) is 14.2. The van der Waals surface area contributed by atoms with Crippen LogP contribution >= 0.6 is 0 Å². The Hall–Kier alpha value is -2.59. The average Bonchev–Trinajstić information content (AvgIpc) is 3.35. The zero-order chi connectivity index (χ0) is 17.9. The molecule has 1 saturated carbocycles. The Kier molecular flexibility index (Phi) is 4.76. The SMILES string of the molecule is Cc1cc(-c2cnn(CC3CC3)c2)cc(CO)c1OCc1ccccc1. The number of ether oxygens (including phenoxy) is 1. The van der Waals surface area contributed by atoms with E-state index in [1.165, 1.54) is 12.8 Å². The molecule has 1 aromatic heterocycles. The highest BCUT2D eigenvalue weighted by atomic mass is 16.5. The minimum Gasteiger partial charge on any atom is -0.488 e. The van der Waals surface area contributed by atoms with E-state index in [-0.39, 0.29) is 6.61 Å². The number of aliphatic hydroxyl groups excluding tert-OH is 1. The Morgan fingerprint density at radius 2 is 1.96 bits per heavy atom. The molecule has 3 aromatic rings. The molecule has 1 fully saturated rings. The molecule has 4 nitrogen and oxygen atoms in total. The lowest BCUT2D eigenvalue weighted by molar-refractivity contribution is 0.258. The summed E-state index contributed by atoms with van der Waals surface area (Å²) in [7, 11) is 0. The normalized spacial score (nSPS) is 13.8. The number of aromatic nitrogens is 2. The highest BCUT2D eigenvalue weighted by molar-refractivity contribution is 5.66. The fourth-order valence-electron chi connectivity index (χ4n) is 3.24. The van der Waals surface area contributed by atoms with Crippen molar-refractivity contribution >= 4 is 0 Å². The number of hydrogen-bond acceptors (Lipinski definition) is 3. The lowest BCUT2D eigenvalue weighted by atomic mass is 10.0. The average molecular weight is 348 g/mol. The van der Waals surface area contributed by atoms with Crippen molar-refractivity contribution in [3.63, 3.8) is 0 Å². The minimum absolute atomic E-state index is 0.0466. The Morgan fingerprint density at radius 1 is 1.15 bits per heavy atom. The van der Waals surface area contributed by atoms with Crippen LogP contribution in [0.2, 0.25) is 0 Å². The van der Waals surface area contributed by atoms with E-state index in [9.17, 15) is 5.11 Å². The van der Waals surface area contributed by atoms with E-state index in [2.05, 4.69) is 17.4 Å². The lowest BCUT2D eigenvalue weighted by Gasteiger charge is -2.15. The summed E-state index contributed by atoms with van der Waals surface area (Å²) in [6.45, 7) is 3.48. The molecule has 1 heterocycles. The lowest BCUT2D eigenvalue weighted by Crippen LogP contribution is -2.01. The summed E-state index contributed by atoms with van der Waals surface area (Å²) in [5.74, 6) is 1.57. The first-order valence-corrected chi connectivity index (χ1v) is 9.17. The Labute approximate surface area is 154 Å². The fourth-order valence-corrected chi connectivity index (χ4v) is 3.24. The van der Waals surface area contributed by atoms with Crippen molar-refractivity contribution in [1.82, 2.24) is 9.78 Å². The molecular formula is C22H24N2O2. The number of aliphatic hydroxyl groups is 1. The highest BCUT2D eigenvalue weighted by Gasteiger charge is 2.22. The molecule has 4 heteroatoms. The highest BCUT2D eigenvalue weighted by Crippen LogP contribution is 2.33. The molecule has 0 spiro atoms. The quantitative estimate of drug-likeness (QED) is 0.691. The van der Waals surface area contributed by atoms with Crippen LogP contribution in [0.4, 0.5) is 0 Å². The van der Waals surface area contributed by atoms with Gasteiger partial charge in [-0.3, -0.25) is 4.68 Å². The van der Waals surface area contributed by atoms with Gasteiger partial charge in [-0.05, 0) is 54.5 Å². The molecule has 0 atom stereocenters. The fraction of sp³-hybridized carbons (Fsp3) is 0.318. The standard InChI is InChI=1S/C22H24N2O2/c1-16-9-19(21-11-23-24(13-21)12-17-7-8-17)10-20(14-25)22(16)26-15-18-5-3-2-4-6-18/h2-6,9-11,13,17,25H,7-8,12,14-15H2,1H3. The van der Waals surface area contributed by atoms with E-state index in [4.69, 9.17) is 4.74 Å². The summed E-state index contributed by atoms with van der Waals surface area (Å²) < 4.78 is 8.05. The van der Waals surface area contributed by atoms with Crippen LogP contribution in [0.15, 0.2) is 54.9 Å². The van der Waals surface area contributed by atoms with Crippen molar-refractivity contribution in [2.45, 2.75) is 39.5 Å². The summed E-state index contributed by atoms with van der Waals surface area (Å²) in [5, 5.41) is 14.3. The van der Waals surface area contributed by atoms with Gasteiger partial charge in [0.25, 0.3) is 0 Å². The second-order valence-corrected chi connectivity index (χ2v) is 7.11. The van der Waals surface area contributed by atoms with Crippen molar-refractivity contribution in [3.8, 4) is 16.9 Å². The van der Waals surface area contributed by atoms with E-state index >= 15 is 0 Å². The largest absolute Gasteiger partial charge is 0.488 e. The maximum atomic E-state index is 9.84. The van der Waals surface area contributed by atoms with Crippen molar-refractivity contribution in [1.29, 1.82) is 0 Å². The van der Waals surface area contributed by atoms with Gasteiger partial charge in [0.05, 0.1) is 12.8 Å². The smallest absolute Gasteiger partial charge is 0.128 e. The Bertz CT molecular complexity index is 882. The predicted molar refractivity (Wildman–Crippen MR) is 102 cm³/mol. The molecule has 4 rings (SSSR count). The molecular weight excluding hydrogens is 324 g/mol. The Balaban J connectivity index is 1.55. The van der Waals surface area contributed by atoms with Crippen LogP contribution in [0.3, 0.4) is 0 Å². The number of rotatable bonds is 7. The zero-order valence-corrected chi connectivity index (χ0v) is 15.1. The predicted octanol–water partition coefficient (Wildman–Crippen LogP) is 4.34. The molecule has 0 radical (unpaired) electrons. The van der Waals surface area contributed by atoms with Crippen LogP contribution in [0.5, 0.6) is 5.75 Å². The van der Waals surface area contributed by atoms with E-state index in [1.54, 1.807) is 0 Å². The van der Waals surface area contributed by atoms with Crippen molar-refractivity contribution in [3.05, 3.63) is 71.5 Å². The van der Waals surface area contributed by atoms with Gasteiger partial charge in [-0.2, -0.15) is 5.10 Å². The maximum Gasteiger partial charge on any atom is 0.128 e. The van der Waals surface area contributed by atoms with Crippen molar-refractivity contribution in [2.24, 2.45) is 5.92 Å². The van der Waals surface area contributed by atoms with Gasteiger partial charge in [-0.1, -0.05) is 30.3 Å². The first-order chi connectivity index (χ1) is 12.7. The van der Waals surface area contributed by atoms with Crippen LogP contribution in [0.1, 0.15) is 29.5 Å². The summed E-state index contributed by atoms with van der Waals surface area (Å²) in [4.78, 5) is 0. The van der Waals surface area contributed by atoms with Gasteiger partial charge in [-0.25, -0.2) is 0 Å². The third kappa shape index (κ3) is 3.81. The Morgan fingerprint density at radius 3 is 2.69 bits per heavy atom.